The molecule has 0 radical (unpaired) electrons. The number of carbonyl (C=O) groups excluding carboxylic acids is 1. The third-order valence-electron chi connectivity index (χ3n) is 5.35. The van der Waals surface area contributed by atoms with Gasteiger partial charge in [-0.05, 0) is 70.1 Å². The van der Waals surface area contributed by atoms with E-state index < -0.39 is 5.60 Å². The van der Waals surface area contributed by atoms with Crippen molar-refractivity contribution in [3.63, 3.8) is 0 Å². The van der Waals surface area contributed by atoms with Crippen LogP contribution in [-0.4, -0.2) is 83.9 Å². The second kappa shape index (κ2) is 9.04. The van der Waals surface area contributed by atoms with Gasteiger partial charge < -0.3 is 24.2 Å². The zero-order valence-corrected chi connectivity index (χ0v) is 19.7. The molecule has 2 aliphatic rings. The summed E-state index contributed by atoms with van der Waals surface area (Å²) in [4.78, 5) is 27.7. The molecule has 0 saturated carbocycles. The lowest BCUT2D eigenvalue weighted by molar-refractivity contribution is 0.0240. The molecule has 2 fully saturated rings. The fraction of sp³-hybridized carbons (Fsp3) is 0.750. The highest BCUT2D eigenvalue weighted by molar-refractivity contribution is 9.10. The molecule has 162 valence electrons. The number of carbonyl (C=O) groups is 1. The van der Waals surface area contributed by atoms with E-state index in [0.717, 1.165) is 29.0 Å². The van der Waals surface area contributed by atoms with E-state index in [0.29, 0.717) is 44.8 Å². The average Bonchev–Trinajstić information content (AvgIpc) is 3.06. The van der Waals surface area contributed by atoms with Gasteiger partial charge in [-0.1, -0.05) is 0 Å². The highest BCUT2D eigenvalue weighted by Crippen LogP contribution is 2.28. The molecule has 0 bridgehead atoms. The summed E-state index contributed by atoms with van der Waals surface area (Å²) in [5.74, 6) is 0.852. The minimum Gasteiger partial charge on any atom is -0.462 e. The van der Waals surface area contributed by atoms with Gasteiger partial charge in [0.05, 0.1) is 0 Å². The molecule has 1 aromatic heterocycles. The summed E-state index contributed by atoms with van der Waals surface area (Å²) in [5.41, 5.74) is 0.489. The van der Waals surface area contributed by atoms with Crippen molar-refractivity contribution in [1.29, 1.82) is 0 Å². The molecular weight excluding hydrogens is 438 g/mol. The fourth-order valence-corrected chi connectivity index (χ4v) is 3.95. The number of aromatic nitrogens is 2. The number of likely N-dealkylation sites (N-methyl/N-ethyl adjacent to an activating group) is 1. The molecule has 8 nitrogen and oxygen atoms in total. The number of amides is 1. The van der Waals surface area contributed by atoms with Gasteiger partial charge in [0.1, 0.15) is 22.6 Å². The Morgan fingerprint density at radius 3 is 2.45 bits per heavy atom. The highest BCUT2D eigenvalue weighted by atomic mass is 79.9. The van der Waals surface area contributed by atoms with Crippen molar-refractivity contribution in [2.75, 3.05) is 51.3 Å². The Morgan fingerprint density at radius 2 is 1.86 bits per heavy atom. The van der Waals surface area contributed by atoms with Gasteiger partial charge >= 0.3 is 12.1 Å². The van der Waals surface area contributed by atoms with Crippen LogP contribution < -0.4 is 9.64 Å². The van der Waals surface area contributed by atoms with Gasteiger partial charge in [0.25, 0.3) is 0 Å². The Kier molecular flexibility index (Phi) is 6.88. The maximum atomic E-state index is 12.3. The van der Waals surface area contributed by atoms with Crippen molar-refractivity contribution in [3.05, 3.63) is 10.2 Å². The topological polar surface area (TPSA) is 71.0 Å². The molecule has 0 aliphatic carbocycles. The number of nitrogens with zero attached hydrogens (tertiary/aromatic N) is 5. The Hall–Kier alpha value is -1.61. The molecule has 0 aromatic carbocycles. The monoisotopic (exact) mass is 469 g/mol. The van der Waals surface area contributed by atoms with Crippen LogP contribution in [0.4, 0.5) is 10.6 Å². The van der Waals surface area contributed by atoms with Crippen LogP contribution in [0, 0.1) is 6.92 Å². The summed E-state index contributed by atoms with van der Waals surface area (Å²) in [5, 5.41) is 0. The first-order chi connectivity index (χ1) is 13.6. The van der Waals surface area contributed by atoms with Crippen LogP contribution in [0.5, 0.6) is 6.01 Å². The highest BCUT2D eigenvalue weighted by Gasteiger charge is 2.28. The van der Waals surface area contributed by atoms with E-state index in [-0.39, 0.29) is 6.09 Å². The molecule has 9 heteroatoms. The molecule has 2 aliphatic heterocycles. The quantitative estimate of drug-likeness (QED) is 0.627. The SMILES string of the molecule is Cc1c(Br)nc(OCC2CCCN2C)nc1N1CCN(C(=O)OC(C)(C)C)CC1. The molecule has 1 aromatic rings. The summed E-state index contributed by atoms with van der Waals surface area (Å²) in [6.07, 6.45) is 2.08. The lowest BCUT2D eigenvalue weighted by atomic mass is 10.2. The minimum atomic E-state index is -0.484. The van der Waals surface area contributed by atoms with Gasteiger partial charge in [-0.3, -0.25) is 0 Å². The molecule has 0 spiro atoms. The first-order valence-electron chi connectivity index (χ1n) is 10.2. The molecule has 3 rings (SSSR count). The summed E-state index contributed by atoms with van der Waals surface area (Å²) in [7, 11) is 2.13. The lowest BCUT2D eigenvalue weighted by Gasteiger charge is -2.36. The van der Waals surface area contributed by atoms with E-state index in [1.807, 2.05) is 27.7 Å². The molecule has 2 saturated heterocycles. The standard InChI is InChI=1S/C20H32BrN5O3/c1-14-16(21)22-18(28-13-15-7-6-8-24(15)5)23-17(14)25-9-11-26(12-10-25)19(27)29-20(2,3)4/h15H,6-13H2,1-5H3. The molecule has 1 unspecified atom stereocenters. The van der Waals surface area contributed by atoms with Gasteiger partial charge in [0.15, 0.2) is 0 Å². The number of hydrogen-bond acceptors (Lipinski definition) is 7. The third-order valence-corrected chi connectivity index (χ3v) is 6.12. The summed E-state index contributed by atoms with van der Waals surface area (Å²) < 4.78 is 12.2. The maximum absolute atomic E-state index is 12.3. The van der Waals surface area contributed by atoms with E-state index in [1.54, 1.807) is 4.90 Å². The van der Waals surface area contributed by atoms with E-state index in [2.05, 4.69) is 42.7 Å². The molecule has 3 heterocycles. The van der Waals surface area contributed by atoms with Crippen LogP contribution in [0.2, 0.25) is 0 Å². The summed E-state index contributed by atoms with van der Waals surface area (Å²) in [6, 6.07) is 0.812. The van der Waals surface area contributed by atoms with Crippen molar-refractivity contribution < 1.29 is 14.3 Å². The number of rotatable bonds is 4. The van der Waals surface area contributed by atoms with Crippen molar-refractivity contribution in [1.82, 2.24) is 19.8 Å². The van der Waals surface area contributed by atoms with Crippen molar-refractivity contribution in [2.45, 2.75) is 52.2 Å². The van der Waals surface area contributed by atoms with Crippen molar-refractivity contribution >= 4 is 27.8 Å². The van der Waals surface area contributed by atoms with E-state index in [1.165, 1.54) is 6.42 Å². The number of piperazine rings is 1. The normalized spacial score (nSPS) is 20.8. The number of likely N-dealkylation sites (tertiary alicyclic amines) is 1. The number of hydrogen-bond donors (Lipinski definition) is 0. The second-order valence-corrected chi connectivity index (χ2v) is 9.54. The van der Waals surface area contributed by atoms with Crippen LogP contribution in [0.25, 0.3) is 0 Å². The number of ether oxygens (including phenoxy) is 2. The number of anilines is 1. The van der Waals surface area contributed by atoms with Gasteiger partial charge in [0, 0.05) is 37.8 Å². The van der Waals surface area contributed by atoms with Crippen LogP contribution in [0.3, 0.4) is 0 Å². The molecular formula is C20H32BrN5O3. The Balaban J connectivity index is 1.63. The molecule has 1 amide bonds. The van der Waals surface area contributed by atoms with Gasteiger partial charge in [-0.15, -0.1) is 0 Å². The van der Waals surface area contributed by atoms with Crippen LogP contribution in [0.1, 0.15) is 39.2 Å². The summed E-state index contributed by atoms with van der Waals surface area (Å²) in [6.45, 7) is 11.9. The van der Waals surface area contributed by atoms with E-state index >= 15 is 0 Å². The zero-order valence-electron chi connectivity index (χ0n) is 18.1. The molecule has 1 atom stereocenters. The van der Waals surface area contributed by atoms with Gasteiger partial charge in [0.2, 0.25) is 0 Å². The predicted molar refractivity (Wildman–Crippen MR) is 116 cm³/mol. The maximum Gasteiger partial charge on any atom is 0.410 e. The molecule has 29 heavy (non-hydrogen) atoms. The Morgan fingerprint density at radius 1 is 1.17 bits per heavy atom. The van der Waals surface area contributed by atoms with Crippen molar-refractivity contribution in [3.8, 4) is 6.01 Å². The minimum absolute atomic E-state index is 0.262. The smallest absolute Gasteiger partial charge is 0.410 e. The second-order valence-electron chi connectivity index (χ2n) is 8.79. The Bertz CT molecular complexity index is 732. The lowest BCUT2D eigenvalue weighted by Crippen LogP contribution is -2.50. The average molecular weight is 470 g/mol. The fourth-order valence-electron chi connectivity index (χ4n) is 3.62. The predicted octanol–water partition coefficient (Wildman–Crippen LogP) is 3.08. The third kappa shape index (κ3) is 5.72. The first-order valence-corrected chi connectivity index (χ1v) is 11.0. The van der Waals surface area contributed by atoms with Gasteiger partial charge in [-0.25, -0.2) is 4.79 Å². The first kappa shape index (κ1) is 22.1. The van der Waals surface area contributed by atoms with E-state index in [9.17, 15) is 4.79 Å². The van der Waals surface area contributed by atoms with Crippen LogP contribution in [-0.2, 0) is 4.74 Å². The summed E-state index contributed by atoms with van der Waals surface area (Å²) >= 11 is 3.54. The Labute approximate surface area is 181 Å². The van der Waals surface area contributed by atoms with Crippen LogP contribution in [0.15, 0.2) is 4.60 Å². The molecule has 0 N–H and O–H groups in total. The van der Waals surface area contributed by atoms with Gasteiger partial charge in [-0.2, -0.15) is 9.97 Å². The zero-order chi connectivity index (χ0) is 21.2. The largest absolute Gasteiger partial charge is 0.462 e. The van der Waals surface area contributed by atoms with E-state index in [4.69, 9.17) is 9.47 Å². The van der Waals surface area contributed by atoms with Crippen LogP contribution >= 0.6 is 15.9 Å². The number of halogens is 1. The van der Waals surface area contributed by atoms with Crippen molar-refractivity contribution in [2.24, 2.45) is 0 Å².